The van der Waals surface area contributed by atoms with Crippen LogP contribution in [0.25, 0.3) is 0 Å². The number of rotatable bonds is 5. The van der Waals surface area contributed by atoms with Crippen molar-refractivity contribution < 1.29 is 4.74 Å². The molecule has 1 fully saturated rings. The minimum Gasteiger partial charge on any atom is -0.369 e. The van der Waals surface area contributed by atoms with Crippen molar-refractivity contribution in [2.24, 2.45) is 5.92 Å². The Morgan fingerprint density at radius 3 is 2.89 bits per heavy atom. The fraction of sp³-hybridized carbons (Fsp3) is 0.647. The van der Waals surface area contributed by atoms with E-state index in [4.69, 9.17) is 4.74 Å². The van der Waals surface area contributed by atoms with E-state index in [0.717, 1.165) is 10.3 Å². The first-order valence-corrected chi connectivity index (χ1v) is 9.03. The number of halogens is 1. The standard InChI is InChI=1S/C17H25IO/c1-3-14-7-5-9-16(11-14)19-17(12-18)15-8-4-6-13(2)10-15/h4,6,8,10,14,16-17H,3,5,7,9,11-12H2,1-2H3. The summed E-state index contributed by atoms with van der Waals surface area (Å²) in [6.07, 6.45) is 7.28. The normalized spacial score (nSPS) is 25.2. The van der Waals surface area contributed by atoms with E-state index in [1.54, 1.807) is 0 Å². The maximum Gasteiger partial charge on any atom is 0.0918 e. The molecule has 3 unspecified atom stereocenters. The second-order valence-electron chi connectivity index (χ2n) is 5.76. The van der Waals surface area contributed by atoms with Crippen LogP contribution in [0, 0.1) is 12.8 Å². The van der Waals surface area contributed by atoms with Crippen LogP contribution in [0.3, 0.4) is 0 Å². The summed E-state index contributed by atoms with van der Waals surface area (Å²) in [5.74, 6) is 0.881. The molecule has 0 bridgehead atoms. The first-order chi connectivity index (χ1) is 9.22. The molecule has 2 heteroatoms. The van der Waals surface area contributed by atoms with Crippen LogP contribution in [0.5, 0.6) is 0 Å². The summed E-state index contributed by atoms with van der Waals surface area (Å²) in [5, 5.41) is 0. The molecule has 1 aliphatic rings. The Morgan fingerprint density at radius 1 is 1.37 bits per heavy atom. The van der Waals surface area contributed by atoms with E-state index in [1.165, 1.54) is 43.2 Å². The molecule has 1 nitrogen and oxygen atoms in total. The van der Waals surface area contributed by atoms with Crippen LogP contribution in [0.4, 0.5) is 0 Å². The Balaban J connectivity index is 1.99. The lowest BCUT2D eigenvalue weighted by Crippen LogP contribution is -2.25. The van der Waals surface area contributed by atoms with Crippen molar-refractivity contribution in [3.05, 3.63) is 35.4 Å². The summed E-state index contributed by atoms with van der Waals surface area (Å²) in [5.41, 5.74) is 2.67. The first kappa shape index (κ1) is 15.3. The van der Waals surface area contributed by atoms with Crippen molar-refractivity contribution in [3.63, 3.8) is 0 Å². The molecule has 19 heavy (non-hydrogen) atoms. The van der Waals surface area contributed by atoms with Gasteiger partial charge in [-0.2, -0.15) is 0 Å². The number of aryl methyl sites for hydroxylation is 1. The van der Waals surface area contributed by atoms with E-state index in [2.05, 4.69) is 60.7 Å². The zero-order valence-corrected chi connectivity index (χ0v) is 14.2. The van der Waals surface area contributed by atoms with Crippen molar-refractivity contribution in [1.29, 1.82) is 0 Å². The molecule has 0 aromatic heterocycles. The second-order valence-corrected chi connectivity index (χ2v) is 6.64. The molecule has 0 spiro atoms. The molecule has 2 rings (SSSR count). The molecule has 0 amide bonds. The van der Waals surface area contributed by atoms with Gasteiger partial charge in [-0.1, -0.05) is 78.6 Å². The van der Waals surface area contributed by atoms with Gasteiger partial charge in [-0.3, -0.25) is 0 Å². The highest BCUT2D eigenvalue weighted by atomic mass is 127. The Morgan fingerprint density at radius 2 is 2.21 bits per heavy atom. The molecule has 1 aliphatic carbocycles. The summed E-state index contributed by atoms with van der Waals surface area (Å²) in [6.45, 7) is 4.46. The van der Waals surface area contributed by atoms with Crippen LogP contribution >= 0.6 is 22.6 Å². The van der Waals surface area contributed by atoms with Gasteiger partial charge in [0.05, 0.1) is 12.2 Å². The molecule has 0 radical (unpaired) electrons. The molecule has 0 saturated heterocycles. The largest absolute Gasteiger partial charge is 0.369 e. The molecule has 0 heterocycles. The van der Waals surface area contributed by atoms with Crippen LogP contribution < -0.4 is 0 Å². The van der Waals surface area contributed by atoms with Crippen molar-refractivity contribution >= 4 is 22.6 Å². The van der Waals surface area contributed by atoms with Gasteiger partial charge in [0.15, 0.2) is 0 Å². The van der Waals surface area contributed by atoms with Crippen LogP contribution in [-0.4, -0.2) is 10.5 Å². The van der Waals surface area contributed by atoms with Gasteiger partial charge in [0.2, 0.25) is 0 Å². The smallest absolute Gasteiger partial charge is 0.0918 e. The van der Waals surface area contributed by atoms with Crippen molar-refractivity contribution in [2.45, 2.75) is 58.2 Å². The molecule has 1 saturated carbocycles. The topological polar surface area (TPSA) is 9.23 Å². The fourth-order valence-corrected chi connectivity index (χ4v) is 3.76. The summed E-state index contributed by atoms with van der Waals surface area (Å²) in [6, 6.07) is 8.77. The van der Waals surface area contributed by atoms with Crippen molar-refractivity contribution in [3.8, 4) is 0 Å². The van der Waals surface area contributed by atoms with Gasteiger partial charge < -0.3 is 4.74 Å². The summed E-state index contributed by atoms with van der Waals surface area (Å²) >= 11 is 2.45. The predicted octanol–water partition coefficient (Wildman–Crippen LogP) is 5.46. The summed E-state index contributed by atoms with van der Waals surface area (Å²) < 4.78 is 7.44. The molecule has 1 aromatic rings. The summed E-state index contributed by atoms with van der Waals surface area (Å²) in [4.78, 5) is 0. The third-order valence-corrected chi connectivity index (χ3v) is 5.02. The van der Waals surface area contributed by atoms with E-state index in [1.807, 2.05) is 0 Å². The van der Waals surface area contributed by atoms with Crippen molar-refractivity contribution in [1.82, 2.24) is 0 Å². The molecular formula is C17H25IO. The lowest BCUT2D eigenvalue weighted by Gasteiger charge is -2.31. The van der Waals surface area contributed by atoms with E-state index in [0.29, 0.717) is 6.10 Å². The Hall–Kier alpha value is -0.0900. The van der Waals surface area contributed by atoms with Crippen LogP contribution in [0.15, 0.2) is 24.3 Å². The van der Waals surface area contributed by atoms with Crippen molar-refractivity contribution in [2.75, 3.05) is 4.43 Å². The number of hydrogen-bond acceptors (Lipinski definition) is 1. The third-order valence-electron chi connectivity index (χ3n) is 4.22. The van der Waals surface area contributed by atoms with Gasteiger partial charge in [0.1, 0.15) is 0 Å². The third kappa shape index (κ3) is 4.45. The van der Waals surface area contributed by atoms with Gasteiger partial charge in [-0.15, -0.1) is 0 Å². The molecule has 106 valence electrons. The average molecular weight is 372 g/mol. The minimum atomic E-state index is 0.265. The Kier molecular flexibility index (Phi) is 6.14. The van der Waals surface area contributed by atoms with Gasteiger partial charge >= 0.3 is 0 Å². The van der Waals surface area contributed by atoms with Gasteiger partial charge in [-0.25, -0.2) is 0 Å². The van der Waals surface area contributed by atoms with Crippen LogP contribution in [0.1, 0.15) is 56.3 Å². The monoisotopic (exact) mass is 372 g/mol. The average Bonchev–Trinajstić information content (AvgIpc) is 2.45. The fourth-order valence-electron chi connectivity index (χ4n) is 3.04. The van der Waals surface area contributed by atoms with Crippen LogP contribution in [-0.2, 0) is 4.74 Å². The molecule has 0 aliphatic heterocycles. The predicted molar refractivity (Wildman–Crippen MR) is 89.9 cm³/mol. The number of hydrogen-bond donors (Lipinski definition) is 0. The highest BCUT2D eigenvalue weighted by Gasteiger charge is 2.24. The lowest BCUT2D eigenvalue weighted by molar-refractivity contribution is -0.0305. The van der Waals surface area contributed by atoms with Crippen LogP contribution in [0.2, 0.25) is 0 Å². The van der Waals surface area contributed by atoms with E-state index >= 15 is 0 Å². The summed E-state index contributed by atoms with van der Waals surface area (Å²) in [7, 11) is 0. The van der Waals surface area contributed by atoms with E-state index < -0.39 is 0 Å². The van der Waals surface area contributed by atoms with E-state index in [9.17, 15) is 0 Å². The molecule has 0 N–H and O–H groups in total. The maximum atomic E-state index is 6.41. The Bertz CT molecular complexity index is 391. The Labute approximate surface area is 131 Å². The first-order valence-electron chi connectivity index (χ1n) is 7.51. The quantitative estimate of drug-likeness (QED) is 0.493. The maximum absolute atomic E-state index is 6.41. The lowest BCUT2D eigenvalue weighted by atomic mass is 9.85. The highest BCUT2D eigenvalue weighted by molar-refractivity contribution is 14.1. The minimum absolute atomic E-state index is 0.265. The SMILES string of the molecule is CCC1CCCC(OC(CI)c2cccc(C)c2)C1. The molecule has 3 atom stereocenters. The van der Waals surface area contributed by atoms with Gasteiger partial charge in [0, 0.05) is 4.43 Å². The molecule has 1 aromatic carbocycles. The second kappa shape index (κ2) is 7.63. The molecular weight excluding hydrogens is 347 g/mol. The van der Waals surface area contributed by atoms with E-state index in [-0.39, 0.29) is 6.10 Å². The van der Waals surface area contributed by atoms with Gasteiger partial charge in [0.25, 0.3) is 0 Å². The number of alkyl halides is 1. The number of benzene rings is 1. The number of ether oxygens (including phenoxy) is 1. The zero-order chi connectivity index (χ0) is 13.7. The zero-order valence-electron chi connectivity index (χ0n) is 12.1. The van der Waals surface area contributed by atoms with Gasteiger partial charge in [-0.05, 0) is 31.2 Å². The highest BCUT2D eigenvalue weighted by Crippen LogP contribution is 2.32.